The van der Waals surface area contributed by atoms with Crippen LogP contribution in [0.5, 0.6) is 0 Å². The molecule has 0 radical (unpaired) electrons. The van der Waals surface area contributed by atoms with Crippen LogP contribution in [0.2, 0.25) is 0 Å². The lowest BCUT2D eigenvalue weighted by Crippen LogP contribution is -2.02. The van der Waals surface area contributed by atoms with Crippen molar-refractivity contribution >= 4 is 22.6 Å². The number of halogens is 2. The second-order valence-corrected chi connectivity index (χ2v) is 5.03. The van der Waals surface area contributed by atoms with Crippen LogP contribution in [-0.4, -0.2) is 9.55 Å². The Balaban J connectivity index is 2.33. The van der Waals surface area contributed by atoms with Gasteiger partial charge in [-0.15, -0.1) is 11.6 Å². The van der Waals surface area contributed by atoms with Crippen molar-refractivity contribution < 1.29 is 4.39 Å². The molecule has 2 aromatic carbocycles. The maximum Gasteiger partial charge on any atom is 0.148 e. The fourth-order valence-corrected chi connectivity index (χ4v) is 2.53. The molecular formula is C16H11ClFN3. The zero-order chi connectivity index (χ0) is 15.0. The molecular weight excluding hydrogens is 289 g/mol. The van der Waals surface area contributed by atoms with Gasteiger partial charge in [-0.1, -0.05) is 6.07 Å². The number of hydrogen-bond acceptors (Lipinski definition) is 2. The van der Waals surface area contributed by atoms with Gasteiger partial charge < -0.3 is 0 Å². The van der Waals surface area contributed by atoms with E-state index in [-0.39, 0.29) is 11.4 Å². The minimum absolute atomic E-state index is 0.174. The predicted molar refractivity (Wildman–Crippen MR) is 80.0 cm³/mol. The van der Waals surface area contributed by atoms with Crippen molar-refractivity contribution in [2.75, 3.05) is 0 Å². The van der Waals surface area contributed by atoms with Crippen LogP contribution in [0.4, 0.5) is 4.39 Å². The Morgan fingerprint density at radius 1 is 1.29 bits per heavy atom. The van der Waals surface area contributed by atoms with Gasteiger partial charge in [0.2, 0.25) is 0 Å². The van der Waals surface area contributed by atoms with E-state index in [0.29, 0.717) is 11.5 Å². The van der Waals surface area contributed by atoms with Gasteiger partial charge in [0.15, 0.2) is 0 Å². The fraction of sp³-hybridized carbons (Fsp3) is 0.125. The highest BCUT2D eigenvalue weighted by molar-refractivity contribution is 6.17. The van der Waals surface area contributed by atoms with Gasteiger partial charge >= 0.3 is 0 Å². The summed E-state index contributed by atoms with van der Waals surface area (Å²) < 4.78 is 16.0. The van der Waals surface area contributed by atoms with Gasteiger partial charge in [-0.2, -0.15) is 5.26 Å². The topological polar surface area (TPSA) is 41.6 Å². The second-order valence-electron chi connectivity index (χ2n) is 4.77. The molecule has 0 aliphatic carbocycles. The summed E-state index contributed by atoms with van der Waals surface area (Å²) in [6.07, 6.45) is 0. The zero-order valence-electron chi connectivity index (χ0n) is 11.3. The molecule has 0 saturated carbocycles. The van der Waals surface area contributed by atoms with Crippen molar-refractivity contribution in [1.29, 1.82) is 5.26 Å². The molecule has 1 aromatic heterocycles. The van der Waals surface area contributed by atoms with Crippen LogP contribution in [0.25, 0.3) is 16.7 Å². The van der Waals surface area contributed by atoms with Gasteiger partial charge in [-0.25, -0.2) is 9.37 Å². The zero-order valence-corrected chi connectivity index (χ0v) is 12.0. The first-order valence-corrected chi connectivity index (χ1v) is 6.91. The van der Waals surface area contributed by atoms with Crippen LogP contribution in [0.1, 0.15) is 17.0 Å². The maximum absolute atomic E-state index is 14.3. The summed E-state index contributed by atoms with van der Waals surface area (Å²) in [5, 5.41) is 8.84. The van der Waals surface area contributed by atoms with Crippen molar-refractivity contribution in [3.8, 4) is 11.8 Å². The molecule has 5 heteroatoms. The summed E-state index contributed by atoms with van der Waals surface area (Å²) in [5.74, 6) is 0.273. The molecule has 0 saturated heterocycles. The van der Waals surface area contributed by atoms with Crippen LogP contribution in [0, 0.1) is 24.1 Å². The minimum atomic E-state index is -0.471. The van der Waals surface area contributed by atoms with E-state index in [4.69, 9.17) is 16.9 Å². The molecule has 0 spiro atoms. The summed E-state index contributed by atoms with van der Waals surface area (Å²) in [5.41, 5.74) is 3.25. The lowest BCUT2D eigenvalue weighted by molar-refractivity contribution is 0.617. The normalized spacial score (nSPS) is 10.8. The molecule has 3 nitrogen and oxygen atoms in total. The Labute approximate surface area is 126 Å². The third kappa shape index (κ3) is 2.26. The van der Waals surface area contributed by atoms with Gasteiger partial charge in [0.1, 0.15) is 11.6 Å². The lowest BCUT2D eigenvalue weighted by Gasteiger charge is -2.09. The van der Waals surface area contributed by atoms with Gasteiger partial charge in [0.05, 0.1) is 34.2 Å². The van der Waals surface area contributed by atoms with Gasteiger partial charge in [-0.05, 0) is 42.8 Å². The van der Waals surface area contributed by atoms with Crippen molar-refractivity contribution in [2.24, 2.45) is 0 Å². The van der Waals surface area contributed by atoms with E-state index in [9.17, 15) is 4.39 Å². The third-order valence-electron chi connectivity index (χ3n) is 3.32. The summed E-state index contributed by atoms with van der Waals surface area (Å²) in [6, 6.07) is 12.1. The molecule has 0 N–H and O–H groups in total. The maximum atomic E-state index is 14.3. The second kappa shape index (κ2) is 5.19. The van der Waals surface area contributed by atoms with E-state index in [0.717, 1.165) is 16.6 Å². The average Bonchev–Trinajstić information content (AvgIpc) is 2.84. The third-order valence-corrected chi connectivity index (χ3v) is 3.56. The van der Waals surface area contributed by atoms with Crippen molar-refractivity contribution in [3.05, 3.63) is 59.2 Å². The average molecular weight is 300 g/mol. The van der Waals surface area contributed by atoms with E-state index < -0.39 is 5.82 Å². The molecule has 0 atom stereocenters. The molecule has 0 unspecified atom stereocenters. The first-order valence-electron chi connectivity index (χ1n) is 6.38. The first-order chi connectivity index (χ1) is 10.1. The highest BCUT2D eigenvalue weighted by atomic mass is 35.5. The van der Waals surface area contributed by atoms with Crippen molar-refractivity contribution in [1.82, 2.24) is 9.55 Å². The molecule has 3 aromatic rings. The number of imidazole rings is 1. The number of hydrogen-bond donors (Lipinski definition) is 0. The van der Waals surface area contributed by atoms with Crippen LogP contribution >= 0.6 is 11.6 Å². The van der Waals surface area contributed by atoms with E-state index in [1.807, 2.05) is 31.2 Å². The number of alkyl halides is 1. The standard InChI is InChI=1S/C16H11ClFN3/c1-10-2-4-13-15(6-10)21(16(8-17)20-13)14-5-3-11(9-19)7-12(14)18/h2-7H,8H2,1H3. The summed E-state index contributed by atoms with van der Waals surface area (Å²) in [6.45, 7) is 1.96. The smallest absolute Gasteiger partial charge is 0.148 e. The lowest BCUT2D eigenvalue weighted by atomic mass is 10.2. The number of fused-ring (bicyclic) bond motifs is 1. The molecule has 3 rings (SSSR count). The molecule has 0 fully saturated rings. The monoisotopic (exact) mass is 299 g/mol. The predicted octanol–water partition coefficient (Wildman–Crippen LogP) is 4.08. The van der Waals surface area contributed by atoms with E-state index >= 15 is 0 Å². The molecule has 0 bridgehead atoms. The van der Waals surface area contributed by atoms with Crippen LogP contribution < -0.4 is 0 Å². The number of benzene rings is 2. The quantitative estimate of drug-likeness (QED) is 0.669. The van der Waals surface area contributed by atoms with Crippen molar-refractivity contribution in [3.63, 3.8) is 0 Å². The first kappa shape index (κ1) is 13.6. The number of aromatic nitrogens is 2. The molecule has 21 heavy (non-hydrogen) atoms. The Morgan fingerprint density at radius 3 is 2.76 bits per heavy atom. The molecule has 0 amide bonds. The molecule has 1 heterocycles. The highest BCUT2D eigenvalue weighted by Crippen LogP contribution is 2.25. The Kier molecular flexibility index (Phi) is 3.36. The van der Waals surface area contributed by atoms with E-state index in [1.165, 1.54) is 6.07 Å². The number of nitrogens with zero attached hydrogens (tertiary/aromatic N) is 3. The fourth-order valence-electron chi connectivity index (χ4n) is 2.35. The highest BCUT2D eigenvalue weighted by Gasteiger charge is 2.15. The molecule has 0 aliphatic rings. The van der Waals surface area contributed by atoms with Gasteiger partial charge in [0, 0.05) is 0 Å². The molecule has 0 aliphatic heterocycles. The van der Waals surface area contributed by atoms with Crippen LogP contribution in [-0.2, 0) is 5.88 Å². The van der Waals surface area contributed by atoms with Gasteiger partial charge in [-0.3, -0.25) is 4.57 Å². The number of aryl methyl sites for hydroxylation is 1. The Morgan fingerprint density at radius 2 is 2.10 bits per heavy atom. The summed E-state index contributed by atoms with van der Waals surface area (Å²) in [7, 11) is 0. The summed E-state index contributed by atoms with van der Waals surface area (Å²) >= 11 is 5.95. The molecule has 104 valence electrons. The van der Waals surface area contributed by atoms with E-state index in [1.54, 1.807) is 16.7 Å². The number of rotatable bonds is 2. The van der Waals surface area contributed by atoms with E-state index in [2.05, 4.69) is 4.98 Å². The SMILES string of the molecule is Cc1ccc2nc(CCl)n(-c3ccc(C#N)cc3F)c2c1. The largest absolute Gasteiger partial charge is 0.292 e. The minimum Gasteiger partial charge on any atom is -0.292 e. The van der Waals surface area contributed by atoms with Crippen LogP contribution in [0.15, 0.2) is 36.4 Å². The van der Waals surface area contributed by atoms with Crippen LogP contribution in [0.3, 0.4) is 0 Å². The number of nitriles is 1. The van der Waals surface area contributed by atoms with Gasteiger partial charge in [0.25, 0.3) is 0 Å². The Hall–Kier alpha value is -2.38. The summed E-state index contributed by atoms with van der Waals surface area (Å²) in [4.78, 5) is 4.43. The van der Waals surface area contributed by atoms with Crippen molar-refractivity contribution in [2.45, 2.75) is 12.8 Å². The Bertz CT molecular complexity index is 877.